The molecule has 5 heteroatoms. The molecule has 0 aliphatic carbocycles. The largest absolute Gasteiger partial charge is 0.395 e. The third-order valence-electron chi connectivity index (χ3n) is 2.27. The van der Waals surface area contributed by atoms with Crippen molar-refractivity contribution >= 4 is 0 Å². The summed E-state index contributed by atoms with van der Waals surface area (Å²) >= 11 is 0. The van der Waals surface area contributed by atoms with Gasteiger partial charge in [-0.25, -0.2) is 8.78 Å². The van der Waals surface area contributed by atoms with Crippen molar-refractivity contribution in [3.63, 3.8) is 0 Å². The van der Waals surface area contributed by atoms with Crippen molar-refractivity contribution in [2.75, 3.05) is 19.7 Å². The van der Waals surface area contributed by atoms with Gasteiger partial charge in [0.15, 0.2) is 0 Å². The molecule has 0 heterocycles. The molecule has 0 fully saturated rings. The summed E-state index contributed by atoms with van der Waals surface area (Å²) in [5.74, 6) is 0. The van der Waals surface area contributed by atoms with Gasteiger partial charge in [-0.3, -0.25) is 4.90 Å². The Morgan fingerprint density at radius 3 is 2.76 bits per heavy atom. The van der Waals surface area contributed by atoms with E-state index in [1.807, 2.05) is 6.07 Å². The van der Waals surface area contributed by atoms with E-state index in [1.165, 1.54) is 4.90 Å². The molecule has 1 N–H and O–H groups in total. The molecule has 0 bridgehead atoms. The zero-order valence-corrected chi connectivity index (χ0v) is 9.31. The molecule has 0 atom stereocenters. The molecule has 1 rings (SSSR count). The summed E-state index contributed by atoms with van der Waals surface area (Å²) in [6.07, 6.45) is -2.43. The number of benzene rings is 1. The van der Waals surface area contributed by atoms with Crippen LogP contribution in [0, 0.1) is 11.3 Å². The first-order chi connectivity index (χ1) is 8.15. The monoisotopic (exact) mass is 240 g/mol. The molecule has 1 aromatic rings. The minimum atomic E-state index is -2.43. The maximum absolute atomic E-state index is 12.3. The predicted molar refractivity (Wildman–Crippen MR) is 59.5 cm³/mol. The number of aliphatic hydroxyl groups is 1. The van der Waals surface area contributed by atoms with Crippen LogP contribution < -0.4 is 0 Å². The maximum Gasteiger partial charge on any atom is 0.251 e. The van der Waals surface area contributed by atoms with Crippen LogP contribution in [0.25, 0.3) is 0 Å². The number of alkyl halides is 2. The fourth-order valence-corrected chi connectivity index (χ4v) is 1.57. The van der Waals surface area contributed by atoms with Crippen molar-refractivity contribution in [1.29, 1.82) is 5.26 Å². The average molecular weight is 240 g/mol. The summed E-state index contributed by atoms with van der Waals surface area (Å²) in [6, 6.07) is 8.81. The van der Waals surface area contributed by atoms with E-state index in [1.54, 1.807) is 24.3 Å². The van der Waals surface area contributed by atoms with Crippen LogP contribution >= 0.6 is 0 Å². The van der Waals surface area contributed by atoms with Crippen molar-refractivity contribution in [3.8, 4) is 6.07 Å². The lowest BCUT2D eigenvalue weighted by Gasteiger charge is -2.20. The number of halogens is 2. The number of nitriles is 1. The SMILES string of the molecule is N#Cc1cccc(CN(CCO)CC(F)F)c1. The number of hydrogen-bond acceptors (Lipinski definition) is 3. The summed E-state index contributed by atoms with van der Waals surface area (Å²) in [5.41, 5.74) is 1.29. The molecule has 0 spiro atoms. The van der Waals surface area contributed by atoms with Gasteiger partial charge in [-0.05, 0) is 17.7 Å². The van der Waals surface area contributed by atoms with Gasteiger partial charge >= 0.3 is 0 Å². The molecule has 0 amide bonds. The molecule has 0 saturated heterocycles. The van der Waals surface area contributed by atoms with E-state index in [-0.39, 0.29) is 19.7 Å². The van der Waals surface area contributed by atoms with Crippen LogP contribution in [0.4, 0.5) is 8.78 Å². The lowest BCUT2D eigenvalue weighted by Crippen LogP contribution is -2.31. The molecule has 0 radical (unpaired) electrons. The lowest BCUT2D eigenvalue weighted by atomic mass is 10.1. The third-order valence-corrected chi connectivity index (χ3v) is 2.27. The Morgan fingerprint density at radius 1 is 1.41 bits per heavy atom. The second-order valence-corrected chi connectivity index (χ2v) is 3.66. The van der Waals surface area contributed by atoms with Crippen LogP contribution in [-0.4, -0.2) is 36.1 Å². The average Bonchev–Trinajstić information content (AvgIpc) is 2.29. The molecular formula is C12H14F2N2O. The van der Waals surface area contributed by atoms with Crippen molar-refractivity contribution in [1.82, 2.24) is 4.90 Å². The van der Waals surface area contributed by atoms with Crippen LogP contribution in [0.3, 0.4) is 0 Å². The van der Waals surface area contributed by atoms with Gasteiger partial charge < -0.3 is 5.11 Å². The van der Waals surface area contributed by atoms with E-state index >= 15 is 0 Å². The Bertz CT molecular complexity index is 390. The molecule has 3 nitrogen and oxygen atoms in total. The molecule has 0 aromatic heterocycles. The smallest absolute Gasteiger partial charge is 0.251 e. The summed E-state index contributed by atoms with van der Waals surface area (Å²) in [6.45, 7) is -0.0382. The van der Waals surface area contributed by atoms with E-state index in [0.29, 0.717) is 12.1 Å². The van der Waals surface area contributed by atoms with Crippen molar-refractivity contribution < 1.29 is 13.9 Å². The van der Waals surface area contributed by atoms with Crippen LogP contribution in [-0.2, 0) is 6.54 Å². The van der Waals surface area contributed by atoms with Gasteiger partial charge in [0.25, 0.3) is 6.43 Å². The Hall–Kier alpha value is -1.51. The maximum atomic E-state index is 12.3. The summed E-state index contributed by atoms with van der Waals surface area (Å²) in [5, 5.41) is 17.5. The molecule has 0 aliphatic rings. The van der Waals surface area contributed by atoms with Gasteiger partial charge in [-0.1, -0.05) is 12.1 Å². The molecule has 0 unspecified atom stereocenters. The Kier molecular flexibility index (Phi) is 5.53. The first kappa shape index (κ1) is 13.6. The standard InChI is InChI=1S/C12H14F2N2O/c13-12(14)9-16(4-5-17)8-11-3-1-2-10(6-11)7-15/h1-3,6,12,17H,4-5,8-9H2. The van der Waals surface area contributed by atoms with E-state index in [9.17, 15) is 8.78 Å². The van der Waals surface area contributed by atoms with E-state index in [4.69, 9.17) is 10.4 Å². The first-order valence-electron chi connectivity index (χ1n) is 5.26. The Labute approximate surface area is 98.9 Å². The summed E-state index contributed by atoms with van der Waals surface area (Å²) in [7, 11) is 0. The minimum absolute atomic E-state index is 0.162. The predicted octanol–water partition coefficient (Wildman–Crippen LogP) is 1.62. The van der Waals surface area contributed by atoms with Gasteiger partial charge in [0.1, 0.15) is 0 Å². The fraction of sp³-hybridized carbons (Fsp3) is 0.417. The number of hydrogen-bond donors (Lipinski definition) is 1. The molecule has 0 saturated carbocycles. The Morgan fingerprint density at radius 2 is 2.18 bits per heavy atom. The quantitative estimate of drug-likeness (QED) is 0.821. The van der Waals surface area contributed by atoms with Gasteiger partial charge in [0.05, 0.1) is 24.8 Å². The van der Waals surface area contributed by atoms with E-state index in [2.05, 4.69) is 0 Å². The lowest BCUT2D eigenvalue weighted by molar-refractivity contribution is 0.0746. The highest BCUT2D eigenvalue weighted by Crippen LogP contribution is 2.09. The summed E-state index contributed by atoms with van der Waals surface area (Å²) in [4.78, 5) is 1.46. The highest BCUT2D eigenvalue weighted by atomic mass is 19.3. The normalized spacial score (nSPS) is 10.8. The van der Waals surface area contributed by atoms with Crippen molar-refractivity contribution in [3.05, 3.63) is 35.4 Å². The second-order valence-electron chi connectivity index (χ2n) is 3.66. The van der Waals surface area contributed by atoms with Crippen LogP contribution in [0.1, 0.15) is 11.1 Å². The highest BCUT2D eigenvalue weighted by Gasteiger charge is 2.12. The van der Waals surface area contributed by atoms with Gasteiger partial charge in [0.2, 0.25) is 0 Å². The summed E-state index contributed by atoms with van der Waals surface area (Å²) < 4.78 is 24.6. The van der Waals surface area contributed by atoms with E-state index < -0.39 is 6.43 Å². The molecular weight excluding hydrogens is 226 g/mol. The second kappa shape index (κ2) is 6.94. The number of aliphatic hydroxyl groups excluding tert-OH is 1. The third kappa shape index (κ3) is 4.89. The molecule has 0 aliphatic heterocycles. The van der Waals surface area contributed by atoms with Crippen LogP contribution in [0.15, 0.2) is 24.3 Å². The Balaban J connectivity index is 2.68. The van der Waals surface area contributed by atoms with Gasteiger partial charge in [-0.2, -0.15) is 5.26 Å². The van der Waals surface area contributed by atoms with Crippen LogP contribution in [0.5, 0.6) is 0 Å². The molecule has 17 heavy (non-hydrogen) atoms. The first-order valence-corrected chi connectivity index (χ1v) is 5.26. The minimum Gasteiger partial charge on any atom is -0.395 e. The van der Waals surface area contributed by atoms with Crippen molar-refractivity contribution in [2.45, 2.75) is 13.0 Å². The zero-order chi connectivity index (χ0) is 12.7. The van der Waals surface area contributed by atoms with Crippen molar-refractivity contribution in [2.24, 2.45) is 0 Å². The number of rotatable bonds is 6. The number of nitrogens with zero attached hydrogens (tertiary/aromatic N) is 2. The molecule has 92 valence electrons. The van der Waals surface area contributed by atoms with Gasteiger partial charge in [-0.15, -0.1) is 0 Å². The zero-order valence-electron chi connectivity index (χ0n) is 9.31. The topological polar surface area (TPSA) is 47.3 Å². The van der Waals surface area contributed by atoms with Gasteiger partial charge in [0, 0.05) is 13.1 Å². The highest BCUT2D eigenvalue weighted by molar-refractivity contribution is 5.32. The van der Waals surface area contributed by atoms with E-state index in [0.717, 1.165) is 5.56 Å². The molecule has 1 aromatic carbocycles. The fourth-order valence-electron chi connectivity index (χ4n) is 1.57. The van der Waals surface area contributed by atoms with Crippen LogP contribution in [0.2, 0.25) is 0 Å².